The Morgan fingerprint density at radius 3 is 2.67 bits per heavy atom. The van der Waals surface area contributed by atoms with Gasteiger partial charge in [0, 0.05) is 19.3 Å². The first kappa shape index (κ1) is 16.4. The van der Waals surface area contributed by atoms with E-state index in [-0.39, 0.29) is 23.2 Å². The second-order valence-corrected chi connectivity index (χ2v) is 6.34. The van der Waals surface area contributed by atoms with Gasteiger partial charge in [0.15, 0.2) is 0 Å². The molecular formula is C18H22N4O2. The van der Waals surface area contributed by atoms with Crippen LogP contribution in [0.1, 0.15) is 48.2 Å². The summed E-state index contributed by atoms with van der Waals surface area (Å²) in [5.74, 6) is -0.278. The molecule has 24 heavy (non-hydrogen) atoms. The maximum atomic E-state index is 12.8. The molecule has 2 aromatic heterocycles. The molecule has 1 aliphatic carbocycles. The van der Waals surface area contributed by atoms with Gasteiger partial charge in [0.1, 0.15) is 11.2 Å². The molecule has 0 aromatic carbocycles. The predicted octanol–water partition coefficient (Wildman–Crippen LogP) is 1.81. The highest BCUT2D eigenvalue weighted by molar-refractivity contribution is 5.93. The first-order valence-electron chi connectivity index (χ1n) is 8.37. The largest absolute Gasteiger partial charge is 0.283 e. The minimum atomic E-state index is -0.278. The van der Waals surface area contributed by atoms with Gasteiger partial charge in [-0.25, -0.2) is 4.68 Å². The van der Waals surface area contributed by atoms with Crippen LogP contribution in [-0.2, 0) is 7.05 Å². The van der Waals surface area contributed by atoms with Gasteiger partial charge in [0.05, 0.1) is 6.04 Å². The minimum Gasteiger partial charge on any atom is -0.268 e. The van der Waals surface area contributed by atoms with Gasteiger partial charge in [-0.2, -0.15) is 5.10 Å². The summed E-state index contributed by atoms with van der Waals surface area (Å²) in [7, 11) is 1.53. The van der Waals surface area contributed by atoms with E-state index in [1.807, 2.05) is 19.1 Å². The Hall–Kier alpha value is -2.50. The van der Waals surface area contributed by atoms with Gasteiger partial charge >= 0.3 is 0 Å². The summed E-state index contributed by atoms with van der Waals surface area (Å²) < 4.78 is 2.69. The van der Waals surface area contributed by atoms with E-state index in [0.29, 0.717) is 5.49 Å². The van der Waals surface area contributed by atoms with Gasteiger partial charge in [0.2, 0.25) is 0 Å². The van der Waals surface area contributed by atoms with E-state index in [1.54, 1.807) is 6.20 Å². The first-order valence-corrected chi connectivity index (χ1v) is 8.37. The Morgan fingerprint density at radius 1 is 1.21 bits per heavy atom. The first-order chi connectivity index (χ1) is 11.5. The van der Waals surface area contributed by atoms with Crippen LogP contribution < -0.4 is 11.0 Å². The Balaban J connectivity index is 2.03. The van der Waals surface area contributed by atoms with Crippen LogP contribution in [0.4, 0.5) is 0 Å². The lowest BCUT2D eigenvalue weighted by Crippen LogP contribution is -2.32. The van der Waals surface area contributed by atoms with Gasteiger partial charge in [0.25, 0.3) is 11.5 Å². The van der Waals surface area contributed by atoms with E-state index in [1.165, 1.54) is 47.7 Å². The van der Waals surface area contributed by atoms with Crippen molar-refractivity contribution in [2.45, 2.75) is 45.1 Å². The summed E-state index contributed by atoms with van der Waals surface area (Å²) in [6.07, 6.45) is 7.51. The molecule has 2 aromatic rings. The molecule has 1 saturated carbocycles. The van der Waals surface area contributed by atoms with E-state index in [0.717, 1.165) is 18.4 Å². The predicted molar refractivity (Wildman–Crippen MR) is 90.8 cm³/mol. The molecule has 1 aliphatic rings. The Kier molecular flexibility index (Phi) is 4.74. The molecule has 0 spiro atoms. The van der Waals surface area contributed by atoms with Crippen molar-refractivity contribution >= 4 is 5.91 Å². The van der Waals surface area contributed by atoms with Gasteiger partial charge < -0.3 is 0 Å². The van der Waals surface area contributed by atoms with Crippen LogP contribution in [0.2, 0.25) is 0 Å². The highest BCUT2D eigenvalue weighted by Gasteiger charge is 2.15. The third kappa shape index (κ3) is 3.53. The molecule has 0 radical (unpaired) electrons. The number of carbonyl (C=O) groups is 1. The second kappa shape index (κ2) is 6.95. The van der Waals surface area contributed by atoms with Crippen LogP contribution in [0.25, 0.3) is 0 Å². The van der Waals surface area contributed by atoms with E-state index < -0.39 is 0 Å². The zero-order chi connectivity index (χ0) is 17.1. The van der Waals surface area contributed by atoms with Crippen LogP contribution in [0.15, 0.2) is 40.2 Å². The number of hydrogen-bond acceptors (Lipinski definition) is 4. The van der Waals surface area contributed by atoms with Gasteiger partial charge in [-0.15, -0.1) is 0 Å². The molecule has 3 rings (SSSR count). The average molecular weight is 326 g/mol. The van der Waals surface area contributed by atoms with Crippen LogP contribution in [0, 0.1) is 6.92 Å². The highest BCUT2D eigenvalue weighted by Crippen LogP contribution is 2.19. The Labute approximate surface area is 140 Å². The molecule has 6 heteroatoms. The number of hydrogen-bond donors (Lipinski definition) is 0. The maximum absolute atomic E-state index is 12.8. The highest BCUT2D eigenvalue weighted by atomic mass is 16.2. The molecule has 1 fully saturated rings. The molecule has 0 amide bonds. The third-order valence-electron chi connectivity index (χ3n) is 4.38. The second-order valence-electron chi connectivity index (χ2n) is 6.34. The zero-order valence-electron chi connectivity index (χ0n) is 14.1. The van der Waals surface area contributed by atoms with Crippen LogP contribution in [-0.4, -0.2) is 26.3 Å². The molecule has 0 saturated heterocycles. The van der Waals surface area contributed by atoms with E-state index in [9.17, 15) is 9.59 Å². The molecule has 0 atom stereocenters. The molecule has 0 aliphatic heterocycles. The number of aromatic nitrogens is 3. The Bertz CT molecular complexity index is 873. The monoisotopic (exact) mass is 326 g/mol. The summed E-state index contributed by atoms with van der Waals surface area (Å²) in [4.78, 5) is 29.1. The SMILES string of the molecule is Cc1ccn(C(=O)c2ccc(=O)n(C)n2)c(=NC2CCCCC2)c1. The fraction of sp³-hybridized carbons (Fsp3) is 0.444. The van der Waals surface area contributed by atoms with Crippen molar-refractivity contribution in [3.63, 3.8) is 0 Å². The van der Waals surface area contributed by atoms with Gasteiger partial charge in [-0.05, 0) is 43.5 Å². The number of pyridine rings is 1. The quantitative estimate of drug-likeness (QED) is 0.845. The average Bonchev–Trinajstić information content (AvgIpc) is 2.58. The summed E-state index contributed by atoms with van der Waals surface area (Å²) in [6.45, 7) is 1.99. The summed E-state index contributed by atoms with van der Waals surface area (Å²) in [5.41, 5.74) is 1.70. The minimum absolute atomic E-state index is 0.228. The standard InChI is InChI=1S/C18H22N4O2/c1-13-10-11-22(16(12-13)19-14-6-4-3-5-7-14)18(24)15-8-9-17(23)21(2)20-15/h8-12,14H,3-7H2,1-2H3. The van der Waals surface area contributed by atoms with Crippen molar-refractivity contribution in [2.24, 2.45) is 12.0 Å². The van der Waals surface area contributed by atoms with Gasteiger partial charge in [-0.3, -0.25) is 19.1 Å². The number of aryl methyl sites for hydroxylation is 2. The molecule has 6 nitrogen and oxygen atoms in total. The summed E-state index contributed by atoms with van der Waals surface area (Å²) in [5, 5.41) is 4.05. The fourth-order valence-electron chi connectivity index (χ4n) is 3.00. The molecule has 0 N–H and O–H groups in total. The Morgan fingerprint density at radius 2 is 1.96 bits per heavy atom. The van der Waals surface area contributed by atoms with E-state index in [2.05, 4.69) is 5.10 Å². The number of nitrogens with zero attached hydrogens (tertiary/aromatic N) is 4. The third-order valence-corrected chi connectivity index (χ3v) is 4.38. The van der Waals surface area contributed by atoms with Crippen LogP contribution in [0.5, 0.6) is 0 Å². The van der Waals surface area contributed by atoms with Crippen molar-refractivity contribution in [3.8, 4) is 0 Å². The topological polar surface area (TPSA) is 69.2 Å². The van der Waals surface area contributed by atoms with E-state index >= 15 is 0 Å². The van der Waals surface area contributed by atoms with Gasteiger partial charge in [-0.1, -0.05) is 19.3 Å². The van der Waals surface area contributed by atoms with Crippen molar-refractivity contribution in [1.82, 2.24) is 14.3 Å². The smallest absolute Gasteiger partial charge is 0.268 e. The maximum Gasteiger partial charge on any atom is 0.283 e. The lowest BCUT2D eigenvalue weighted by atomic mass is 9.96. The lowest BCUT2D eigenvalue weighted by molar-refractivity contribution is 0.0947. The van der Waals surface area contributed by atoms with Crippen molar-refractivity contribution in [3.05, 3.63) is 57.6 Å². The van der Waals surface area contributed by atoms with Crippen molar-refractivity contribution < 1.29 is 4.79 Å². The van der Waals surface area contributed by atoms with Crippen molar-refractivity contribution in [2.75, 3.05) is 0 Å². The number of rotatable bonds is 2. The summed E-state index contributed by atoms with van der Waals surface area (Å²) >= 11 is 0. The summed E-state index contributed by atoms with van der Waals surface area (Å²) in [6, 6.07) is 6.89. The van der Waals surface area contributed by atoms with Crippen LogP contribution in [0.3, 0.4) is 0 Å². The molecule has 126 valence electrons. The molecule has 0 unspecified atom stereocenters. The number of carbonyl (C=O) groups excluding carboxylic acids is 1. The fourth-order valence-corrected chi connectivity index (χ4v) is 3.00. The normalized spacial score (nSPS) is 16.3. The lowest BCUT2D eigenvalue weighted by Gasteiger charge is -2.18. The molecule has 2 heterocycles. The zero-order valence-corrected chi connectivity index (χ0v) is 14.1. The molecule has 0 bridgehead atoms. The van der Waals surface area contributed by atoms with Crippen LogP contribution >= 0.6 is 0 Å². The van der Waals surface area contributed by atoms with E-state index in [4.69, 9.17) is 4.99 Å². The van der Waals surface area contributed by atoms with Crippen molar-refractivity contribution in [1.29, 1.82) is 0 Å². The molecular weight excluding hydrogens is 304 g/mol.